The van der Waals surface area contributed by atoms with E-state index in [4.69, 9.17) is 71.1 Å². The molecule has 0 N–H and O–H groups in total. The van der Waals surface area contributed by atoms with Crippen molar-refractivity contribution in [3.8, 4) is 86.2 Å². The first-order valence-electron chi connectivity index (χ1n) is 14.6. The minimum absolute atomic E-state index is 0. The Morgan fingerprint density at radius 2 is 0.346 bits per heavy atom. The maximum absolute atomic E-state index is 17.4. The van der Waals surface area contributed by atoms with Gasteiger partial charge in [0.15, 0.2) is 34.5 Å². The van der Waals surface area contributed by atoms with Gasteiger partial charge in [-0.05, 0) is 0 Å². The Morgan fingerprint density at radius 1 is 0.250 bits per heavy atom. The van der Waals surface area contributed by atoms with Gasteiger partial charge >= 0.3 is 23.1 Å². The van der Waals surface area contributed by atoms with E-state index in [0.29, 0.717) is 0 Å². The number of methoxy groups -OCH3 is 15. The van der Waals surface area contributed by atoms with Crippen LogP contribution in [0.1, 0.15) is 0 Å². The Kier molecular flexibility index (Phi) is 17.4. The largest absolute Gasteiger partial charge is 2.00 e. The van der Waals surface area contributed by atoms with Crippen LogP contribution in [0.2, 0.25) is 0 Å². The molecule has 0 radical (unpaired) electrons. The molecule has 0 fully saturated rings. The van der Waals surface area contributed by atoms with Crippen molar-refractivity contribution in [1.29, 1.82) is 0 Å². The van der Waals surface area contributed by atoms with Crippen molar-refractivity contribution in [1.82, 2.24) is 0 Å². The average Bonchev–Trinajstić information content (AvgIpc) is 3.16. The molecule has 0 aromatic heterocycles. The van der Waals surface area contributed by atoms with Gasteiger partial charge in [-0.1, -0.05) is 0 Å². The third kappa shape index (κ3) is 6.89. The van der Waals surface area contributed by atoms with Crippen molar-refractivity contribution in [2.45, 2.75) is 0 Å². The number of benzene rings is 3. The first-order chi connectivity index (χ1) is 24.1. The van der Waals surface area contributed by atoms with Crippen LogP contribution >= 0.6 is 0 Å². The first kappa shape index (κ1) is 45.9. The van der Waals surface area contributed by atoms with E-state index in [1.54, 1.807) is 0 Å². The molecule has 0 aliphatic rings. The molecule has 286 valence electrons. The zero-order valence-electron chi connectivity index (χ0n) is 32.1. The minimum Gasteiger partial charge on any atom is -1.00 e. The monoisotopic (exact) mass is 784 g/mol. The van der Waals surface area contributed by atoms with Crippen LogP contribution < -0.4 is 104 Å². The van der Waals surface area contributed by atoms with E-state index in [1.807, 2.05) is 0 Å². The summed E-state index contributed by atoms with van der Waals surface area (Å²) < 4.78 is 88.1. The van der Waals surface area contributed by atoms with Crippen molar-refractivity contribution in [2.75, 3.05) is 107 Å². The van der Waals surface area contributed by atoms with Crippen molar-refractivity contribution >= 4 is 46.9 Å². The molecule has 3 rings (SSSR count). The normalized spacial score (nSPS) is 10.4. The van der Waals surface area contributed by atoms with Crippen LogP contribution in [-0.2, 0) is 0 Å². The van der Waals surface area contributed by atoms with Crippen LogP contribution in [0.5, 0.6) is 86.2 Å². The molecular weight excluding hydrogens is 740 g/mol. The second kappa shape index (κ2) is 19.7. The van der Waals surface area contributed by atoms with Gasteiger partial charge < -0.3 is 88.3 Å². The number of hydrogen-bond acceptors (Lipinski definition) is 16. The Hall–Kier alpha value is -4.11. The quantitative estimate of drug-likeness (QED) is 0.101. The van der Waals surface area contributed by atoms with Crippen LogP contribution in [0.25, 0.3) is 0 Å². The van der Waals surface area contributed by atoms with E-state index in [2.05, 4.69) is 0 Å². The number of ether oxygens (including phenoxy) is 15. The molecule has 0 aliphatic heterocycles. The average molecular weight is 786 g/mol. The SMILES string of the molecule is COc1c(OC)c(OC)c([Si]([O-])(c2c(OC)c(OC)c(OC)c(OC)c2OC)c2c(OC)c(OC)c(OC)c(OC)c2OC)c(OC)c1OC.[Cl-].[Mg+2]. The van der Waals surface area contributed by atoms with Gasteiger partial charge in [0.25, 0.3) is 0 Å². The molecular formula is C33H45ClMgO16Si. The van der Waals surface area contributed by atoms with Crippen molar-refractivity contribution in [2.24, 2.45) is 0 Å². The van der Waals surface area contributed by atoms with Crippen molar-refractivity contribution < 1.29 is 88.3 Å². The van der Waals surface area contributed by atoms with E-state index < -0.39 is 8.32 Å². The van der Waals surface area contributed by atoms with Crippen LogP contribution in [0, 0.1) is 0 Å². The smallest absolute Gasteiger partial charge is 1.00 e. The molecule has 0 heterocycles. The fraction of sp³-hybridized carbons (Fsp3) is 0.455. The summed E-state index contributed by atoms with van der Waals surface area (Å²) in [6.45, 7) is 0. The van der Waals surface area contributed by atoms with Gasteiger partial charge in [0.1, 0.15) is 0 Å². The van der Waals surface area contributed by atoms with Gasteiger partial charge in [-0.2, -0.15) is 0 Å². The van der Waals surface area contributed by atoms with Gasteiger partial charge in [0.2, 0.25) is 51.7 Å². The standard InChI is InChI=1S/C33H45O16Si.ClH.Mg/c1-35-16-19(38-4)25(44-10)31(26(45-11)20(16)39-5)50(34,32-27(46-12)21(40-6)17(36-2)22(41-7)28(32)47-13)33-29(48-14)23(42-8)18(37-3)24(43-9)30(33)49-15;;/h1-15H3;1H;/q-1;;+2/p-1. The molecule has 0 unspecified atom stereocenters. The van der Waals surface area contributed by atoms with E-state index in [9.17, 15) is 0 Å². The van der Waals surface area contributed by atoms with Crippen molar-refractivity contribution in [3.05, 3.63) is 0 Å². The summed E-state index contributed by atoms with van der Waals surface area (Å²) in [5.74, 6) is -0.229. The number of rotatable bonds is 18. The summed E-state index contributed by atoms with van der Waals surface area (Å²) in [4.78, 5) is 17.4. The molecule has 0 amide bonds. The first-order valence-corrected chi connectivity index (χ1v) is 16.5. The molecule has 0 spiro atoms. The molecule has 52 heavy (non-hydrogen) atoms. The summed E-state index contributed by atoms with van der Waals surface area (Å²) in [6, 6.07) is 0. The van der Waals surface area contributed by atoms with Crippen LogP contribution in [0.3, 0.4) is 0 Å². The molecule has 0 atom stereocenters. The second-order valence-electron chi connectivity index (χ2n) is 9.80. The molecule has 0 aliphatic carbocycles. The van der Waals surface area contributed by atoms with Gasteiger partial charge in [0.05, 0.1) is 115 Å². The maximum atomic E-state index is 17.4. The van der Waals surface area contributed by atoms with Crippen molar-refractivity contribution in [3.63, 3.8) is 0 Å². The molecule has 0 bridgehead atoms. The Morgan fingerprint density at radius 3 is 0.442 bits per heavy atom. The second-order valence-corrected chi connectivity index (χ2v) is 12.7. The van der Waals surface area contributed by atoms with Crippen LogP contribution in [0.15, 0.2) is 0 Å². The molecule has 16 nitrogen and oxygen atoms in total. The summed E-state index contributed by atoms with van der Waals surface area (Å²) >= 11 is 0. The van der Waals surface area contributed by atoms with Gasteiger partial charge in [-0.25, -0.2) is 0 Å². The molecule has 0 saturated heterocycles. The maximum Gasteiger partial charge on any atom is 2.00 e. The summed E-state index contributed by atoms with van der Waals surface area (Å²) in [5, 5.41) is -0.351. The summed E-state index contributed by atoms with van der Waals surface area (Å²) in [5.41, 5.74) is 0. The third-order valence-electron chi connectivity index (χ3n) is 7.96. The number of halogens is 1. The van der Waals surface area contributed by atoms with E-state index in [-0.39, 0.29) is 137 Å². The minimum atomic E-state index is -5.31. The third-order valence-corrected chi connectivity index (χ3v) is 11.4. The molecule has 0 saturated carbocycles. The molecule has 3 aromatic carbocycles. The zero-order chi connectivity index (χ0) is 37.5. The molecule has 19 heteroatoms. The topological polar surface area (TPSA) is 162 Å². The van der Waals surface area contributed by atoms with E-state index in [0.717, 1.165) is 0 Å². The van der Waals surface area contributed by atoms with Crippen LogP contribution in [0.4, 0.5) is 0 Å². The fourth-order valence-corrected chi connectivity index (χ4v) is 10.1. The fourth-order valence-electron chi connectivity index (χ4n) is 6.09. The predicted octanol–water partition coefficient (Wildman–Crippen LogP) is -2.23. The Balaban J connectivity index is 0.00000676. The van der Waals surface area contributed by atoms with E-state index >= 15 is 4.80 Å². The Bertz CT molecular complexity index is 1400. The van der Waals surface area contributed by atoms with Gasteiger partial charge in [-0.15, -0.1) is 0 Å². The number of hydrogen-bond donors (Lipinski definition) is 0. The summed E-state index contributed by atoms with van der Waals surface area (Å²) in [6.07, 6.45) is 0. The summed E-state index contributed by atoms with van der Waals surface area (Å²) in [7, 11) is 15.3. The van der Waals surface area contributed by atoms with Crippen LogP contribution in [-0.4, -0.2) is 138 Å². The van der Waals surface area contributed by atoms with Gasteiger partial charge in [-0.3, -0.25) is 0 Å². The Labute approximate surface area is 326 Å². The predicted molar refractivity (Wildman–Crippen MR) is 188 cm³/mol. The molecule has 3 aromatic rings. The van der Waals surface area contributed by atoms with Gasteiger partial charge in [0, 0.05) is 15.6 Å². The zero-order valence-corrected chi connectivity index (χ0v) is 35.3. The van der Waals surface area contributed by atoms with E-state index in [1.165, 1.54) is 107 Å².